The molecular weight excluding hydrogens is 248 g/mol. The Morgan fingerprint density at radius 3 is 2.28 bits per heavy atom. The normalized spacial score (nSPS) is 12.1. The van der Waals surface area contributed by atoms with Crippen molar-refractivity contribution in [3.63, 3.8) is 0 Å². The number of aliphatic hydroxyl groups excluding tert-OH is 1. The summed E-state index contributed by atoms with van der Waals surface area (Å²) in [4.78, 5) is 11.9. The van der Waals surface area contributed by atoms with Crippen LogP contribution in [0.15, 0.2) is 54.6 Å². The number of hydrogen-bond acceptors (Lipinski definition) is 2. The Labute approximate surface area is 111 Å². The van der Waals surface area contributed by atoms with Crippen LogP contribution in [0.5, 0.6) is 0 Å². The van der Waals surface area contributed by atoms with E-state index in [1.54, 1.807) is 24.3 Å². The molecule has 0 aliphatic carbocycles. The topological polar surface area (TPSA) is 37.3 Å². The van der Waals surface area contributed by atoms with Crippen molar-refractivity contribution in [1.29, 1.82) is 0 Å². The minimum Gasteiger partial charge on any atom is -0.381 e. The van der Waals surface area contributed by atoms with E-state index < -0.39 is 6.10 Å². The Morgan fingerprint density at radius 1 is 1.06 bits per heavy atom. The predicted octanol–water partition coefficient (Wildman–Crippen LogP) is 3.19. The van der Waals surface area contributed by atoms with E-state index in [1.807, 2.05) is 30.3 Å². The van der Waals surface area contributed by atoms with E-state index in [2.05, 4.69) is 0 Å². The maximum absolute atomic E-state index is 11.9. The van der Waals surface area contributed by atoms with Crippen LogP contribution >= 0.6 is 11.6 Å². The van der Waals surface area contributed by atoms with E-state index in [1.165, 1.54) is 0 Å². The monoisotopic (exact) mass is 260 g/mol. The summed E-state index contributed by atoms with van der Waals surface area (Å²) in [5.74, 6) is -0.219. The van der Waals surface area contributed by atoms with Crippen molar-refractivity contribution in [2.24, 2.45) is 0 Å². The van der Waals surface area contributed by atoms with E-state index in [9.17, 15) is 9.90 Å². The van der Waals surface area contributed by atoms with Gasteiger partial charge in [-0.1, -0.05) is 54.1 Å². The fraction of sp³-hybridized carbons (Fsp3) is 0.133. The highest BCUT2D eigenvalue weighted by molar-refractivity contribution is 6.30. The van der Waals surface area contributed by atoms with Crippen LogP contribution in [0.3, 0.4) is 0 Å². The Bertz CT molecular complexity index is 520. The lowest BCUT2D eigenvalue weighted by atomic mass is 10.0. The van der Waals surface area contributed by atoms with Gasteiger partial charge in [-0.2, -0.15) is 0 Å². The number of rotatable bonds is 4. The standard InChI is InChI=1S/C15H13ClO2/c16-13-8-6-12(7-9-13)15(18)14(17)10-11-4-2-1-3-5-11/h1-9,15,18H,10H2. The van der Waals surface area contributed by atoms with Crippen molar-refractivity contribution in [1.82, 2.24) is 0 Å². The quantitative estimate of drug-likeness (QED) is 0.917. The molecule has 0 bridgehead atoms. The summed E-state index contributed by atoms with van der Waals surface area (Å²) < 4.78 is 0. The zero-order chi connectivity index (χ0) is 13.0. The number of carbonyl (C=O) groups is 1. The first-order valence-electron chi connectivity index (χ1n) is 5.67. The number of aliphatic hydroxyl groups is 1. The highest BCUT2D eigenvalue weighted by Crippen LogP contribution is 2.18. The summed E-state index contributed by atoms with van der Waals surface area (Å²) in [5, 5.41) is 10.5. The molecule has 3 heteroatoms. The molecule has 0 spiro atoms. The molecular formula is C15H13ClO2. The molecule has 2 nitrogen and oxygen atoms in total. The number of benzene rings is 2. The molecule has 18 heavy (non-hydrogen) atoms. The largest absolute Gasteiger partial charge is 0.381 e. The van der Waals surface area contributed by atoms with Crippen LogP contribution < -0.4 is 0 Å². The molecule has 0 heterocycles. The Morgan fingerprint density at radius 2 is 1.67 bits per heavy atom. The van der Waals surface area contributed by atoms with Gasteiger partial charge in [0.2, 0.25) is 0 Å². The second-order valence-corrected chi connectivity index (χ2v) is 4.52. The van der Waals surface area contributed by atoms with Crippen molar-refractivity contribution in [2.45, 2.75) is 12.5 Å². The third-order valence-corrected chi connectivity index (χ3v) is 2.96. The minimum atomic E-state index is -1.09. The highest BCUT2D eigenvalue weighted by atomic mass is 35.5. The van der Waals surface area contributed by atoms with E-state index in [4.69, 9.17) is 11.6 Å². The number of carbonyl (C=O) groups excluding carboxylic acids is 1. The SMILES string of the molecule is O=C(Cc1ccccc1)C(O)c1ccc(Cl)cc1. The lowest BCUT2D eigenvalue weighted by Crippen LogP contribution is -2.14. The molecule has 0 saturated heterocycles. The molecule has 0 fully saturated rings. The Hall–Kier alpha value is -1.64. The van der Waals surface area contributed by atoms with E-state index in [-0.39, 0.29) is 12.2 Å². The maximum Gasteiger partial charge on any atom is 0.170 e. The summed E-state index contributed by atoms with van der Waals surface area (Å²) in [5.41, 5.74) is 1.47. The van der Waals surface area contributed by atoms with Crippen molar-refractivity contribution >= 4 is 17.4 Å². The van der Waals surface area contributed by atoms with Gasteiger partial charge in [-0.25, -0.2) is 0 Å². The number of Topliss-reactive ketones (excluding diaryl/α,β-unsaturated/α-hetero) is 1. The van der Waals surface area contributed by atoms with Crippen LogP contribution in [0.1, 0.15) is 17.2 Å². The first-order valence-corrected chi connectivity index (χ1v) is 6.05. The summed E-state index contributed by atoms with van der Waals surface area (Å²) in [6.07, 6.45) is -0.868. The van der Waals surface area contributed by atoms with Crippen molar-refractivity contribution in [3.8, 4) is 0 Å². The van der Waals surface area contributed by atoms with Crippen LogP contribution in [-0.4, -0.2) is 10.9 Å². The summed E-state index contributed by atoms with van der Waals surface area (Å²) in [7, 11) is 0. The second-order valence-electron chi connectivity index (χ2n) is 4.08. The summed E-state index contributed by atoms with van der Waals surface area (Å²) >= 11 is 5.76. The fourth-order valence-electron chi connectivity index (χ4n) is 1.72. The van der Waals surface area contributed by atoms with Gasteiger partial charge in [0.15, 0.2) is 5.78 Å². The molecule has 1 N–H and O–H groups in total. The molecule has 2 aromatic carbocycles. The molecule has 1 atom stereocenters. The lowest BCUT2D eigenvalue weighted by molar-refractivity contribution is -0.126. The van der Waals surface area contributed by atoms with Gasteiger partial charge in [-0.15, -0.1) is 0 Å². The van der Waals surface area contributed by atoms with Crippen LogP contribution in [-0.2, 0) is 11.2 Å². The molecule has 0 aliphatic heterocycles. The van der Waals surface area contributed by atoms with Crippen molar-refractivity contribution in [3.05, 3.63) is 70.7 Å². The molecule has 0 saturated carbocycles. The third kappa shape index (κ3) is 3.19. The summed E-state index contributed by atoms with van der Waals surface area (Å²) in [6, 6.07) is 16.0. The van der Waals surface area contributed by atoms with Crippen LogP contribution in [0.4, 0.5) is 0 Å². The third-order valence-electron chi connectivity index (χ3n) is 2.71. The predicted molar refractivity (Wildman–Crippen MR) is 71.6 cm³/mol. The lowest BCUT2D eigenvalue weighted by Gasteiger charge is -2.10. The molecule has 0 aromatic heterocycles. The fourth-order valence-corrected chi connectivity index (χ4v) is 1.85. The smallest absolute Gasteiger partial charge is 0.170 e. The first kappa shape index (κ1) is 12.8. The first-order chi connectivity index (χ1) is 8.66. The van der Waals surface area contributed by atoms with Gasteiger partial charge in [0.1, 0.15) is 6.10 Å². The minimum absolute atomic E-state index is 0.219. The van der Waals surface area contributed by atoms with Gasteiger partial charge in [0.05, 0.1) is 0 Å². The Balaban J connectivity index is 2.07. The van der Waals surface area contributed by atoms with Crippen LogP contribution in [0.2, 0.25) is 5.02 Å². The van der Waals surface area contributed by atoms with Gasteiger partial charge >= 0.3 is 0 Å². The zero-order valence-corrected chi connectivity index (χ0v) is 10.5. The second kappa shape index (κ2) is 5.80. The van der Waals surface area contributed by atoms with Gasteiger partial charge in [-0.3, -0.25) is 4.79 Å². The maximum atomic E-state index is 11.9. The number of halogens is 1. The number of hydrogen-bond donors (Lipinski definition) is 1. The van der Waals surface area contributed by atoms with Gasteiger partial charge in [0.25, 0.3) is 0 Å². The van der Waals surface area contributed by atoms with Gasteiger partial charge in [-0.05, 0) is 23.3 Å². The van der Waals surface area contributed by atoms with Crippen molar-refractivity contribution < 1.29 is 9.90 Å². The molecule has 0 radical (unpaired) electrons. The highest BCUT2D eigenvalue weighted by Gasteiger charge is 2.17. The van der Waals surface area contributed by atoms with E-state index >= 15 is 0 Å². The molecule has 0 amide bonds. The molecule has 92 valence electrons. The van der Waals surface area contributed by atoms with E-state index in [0.717, 1.165) is 5.56 Å². The van der Waals surface area contributed by atoms with Gasteiger partial charge in [0, 0.05) is 11.4 Å². The van der Waals surface area contributed by atoms with Gasteiger partial charge < -0.3 is 5.11 Å². The average Bonchev–Trinajstić information content (AvgIpc) is 2.40. The summed E-state index contributed by atoms with van der Waals surface area (Å²) in [6.45, 7) is 0. The van der Waals surface area contributed by atoms with Crippen molar-refractivity contribution in [2.75, 3.05) is 0 Å². The van der Waals surface area contributed by atoms with E-state index in [0.29, 0.717) is 10.6 Å². The number of ketones is 1. The molecule has 2 aromatic rings. The zero-order valence-electron chi connectivity index (χ0n) is 9.71. The molecule has 0 aliphatic rings. The average molecular weight is 261 g/mol. The molecule has 2 rings (SSSR count). The van der Waals surface area contributed by atoms with Crippen LogP contribution in [0.25, 0.3) is 0 Å². The van der Waals surface area contributed by atoms with Crippen LogP contribution in [0, 0.1) is 0 Å². The molecule has 1 unspecified atom stereocenters. The Kier molecular flexibility index (Phi) is 4.13.